The van der Waals surface area contributed by atoms with Gasteiger partial charge in [-0.15, -0.1) is 10.2 Å². The zero-order valence-electron chi connectivity index (χ0n) is 20.0. The summed E-state index contributed by atoms with van der Waals surface area (Å²) in [6.45, 7) is 10.3. The van der Waals surface area contributed by atoms with Crippen LogP contribution in [0.3, 0.4) is 0 Å². The number of aryl methyl sites for hydroxylation is 2. The Balaban J connectivity index is 1.46. The molecule has 4 rings (SSSR count). The first kappa shape index (κ1) is 23.5. The number of benzene rings is 1. The molecule has 8 heteroatoms. The van der Waals surface area contributed by atoms with Crippen LogP contribution in [0.25, 0.3) is 11.4 Å². The topological polar surface area (TPSA) is 77.6 Å². The molecule has 0 atom stereocenters. The molecular weight excluding hydrogens is 436 g/mol. The lowest BCUT2D eigenvalue weighted by Crippen LogP contribution is -2.13. The summed E-state index contributed by atoms with van der Waals surface area (Å²) in [5, 5.41) is 17.1. The molecule has 0 saturated carbocycles. The third-order valence-corrected chi connectivity index (χ3v) is 6.60. The van der Waals surface area contributed by atoms with Crippen molar-refractivity contribution in [1.29, 1.82) is 0 Å². The van der Waals surface area contributed by atoms with E-state index >= 15 is 0 Å². The van der Waals surface area contributed by atoms with Crippen molar-refractivity contribution in [3.05, 3.63) is 46.0 Å². The van der Waals surface area contributed by atoms with Crippen molar-refractivity contribution >= 4 is 23.2 Å². The third-order valence-electron chi connectivity index (χ3n) is 6.27. The Hall–Kier alpha value is -2.67. The summed E-state index contributed by atoms with van der Waals surface area (Å²) in [4.78, 5) is 12.7. The van der Waals surface area contributed by atoms with Crippen molar-refractivity contribution in [2.45, 2.75) is 79.3 Å². The molecule has 3 heterocycles. The van der Waals surface area contributed by atoms with Gasteiger partial charge in [0.15, 0.2) is 5.82 Å². The highest BCUT2D eigenvalue weighted by atomic mass is 35.5. The largest absolute Gasteiger partial charge is 0.326 e. The molecule has 0 fully saturated rings. The molecular formula is C25H33ClN6O. The second-order valence-corrected chi connectivity index (χ2v) is 9.78. The van der Waals surface area contributed by atoms with Crippen LogP contribution >= 0.6 is 11.6 Å². The lowest BCUT2D eigenvalue weighted by molar-refractivity contribution is -0.116. The molecule has 2 aromatic heterocycles. The van der Waals surface area contributed by atoms with Crippen molar-refractivity contribution in [1.82, 2.24) is 24.5 Å². The van der Waals surface area contributed by atoms with Crippen LogP contribution in [0, 0.1) is 19.8 Å². The number of nitrogens with zero attached hydrogens (tertiary/aromatic N) is 5. The number of halogens is 1. The molecule has 0 aliphatic carbocycles. The molecule has 1 aromatic carbocycles. The quantitative estimate of drug-likeness (QED) is 0.506. The summed E-state index contributed by atoms with van der Waals surface area (Å²) in [5.41, 5.74) is 4.83. The summed E-state index contributed by atoms with van der Waals surface area (Å²) in [7, 11) is 0. The summed E-state index contributed by atoms with van der Waals surface area (Å²) in [6.07, 6.45) is 5.44. The standard InChI is InChI=1S/C25H33ClN6O/c1-16(2)15-32-18(4)20(17(3)30-32)10-12-24(33)27-19-9-11-22(26)21(14-19)25-29-28-23-8-6-5-7-13-31(23)25/h9,11,14,16H,5-8,10,12-13,15H2,1-4H3,(H,27,33). The Bertz CT molecular complexity index is 1150. The summed E-state index contributed by atoms with van der Waals surface area (Å²) >= 11 is 6.52. The van der Waals surface area contributed by atoms with E-state index in [1.807, 2.05) is 25.1 Å². The molecule has 176 valence electrons. The molecule has 1 aliphatic heterocycles. The van der Waals surface area contributed by atoms with Gasteiger partial charge in [0.05, 0.1) is 10.7 Å². The van der Waals surface area contributed by atoms with Gasteiger partial charge in [-0.05, 0) is 62.8 Å². The highest BCUT2D eigenvalue weighted by Crippen LogP contribution is 2.31. The van der Waals surface area contributed by atoms with E-state index in [-0.39, 0.29) is 5.91 Å². The zero-order valence-corrected chi connectivity index (χ0v) is 20.7. The van der Waals surface area contributed by atoms with E-state index in [0.29, 0.717) is 29.5 Å². The number of fused-ring (bicyclic) bond motifs is 1. The average molecular weight is 469 g/mol. The first-order valence-electron chi connectivity index (χ1n) is 11.9. The molecule has 1 N–H and O–H groups in total. The number of nitrogens with one attached hydrogen (secondary N) is 1. The second kappa shape index (κ2) is 10.1. The molecule has 33 heavy (non-hydrogen) atoms. The van der Waals surface area contributed by atoms with Crippen LogP contribution in [0.15, 0.2) is 18.2 Å². The summed E-state index contributed by atoms with van der Waals surface area (Å²) < 4.78 is 4.22. The van der Waals surface area contributed by atoms with Crippen LogP contribution in [0.2, 0.25) is 5.02 Å². The van der Waals surface area contributed by atoms with Gasteiger partial charge in [-0.1, -0.05) is 31.9 Å². The van der Waals surface area contributed by atoms with Crippen molar-refractivity contribution in [3.8, 4) is 11.4 Å². The summed E-state index contributed by atoms with van der Waals surface area (Å²) in [5.74, 6) is 2.28. The molecule has 0 unspecified atom stereocenters. The summed E-state index contributed by atoms with van der Waals surface area (Å²) in [6, 6.07) is 5.55. The van der Waals surface area contributed by atoms with Gasteiger partial charge >= 0.3 is 0 Å². The van der Waals surface area contributed by atoms with Gasteiger partial charge in [-0.3, -0.25) is 9.48 Å². The fraction of sp³-hybridized carbons (Fsp3) is 0.520. The number of aromatic nitrogens is 5. The van der Waals surface area contributed by atoms with Crippen molar-refractivity contribution in [2.24, 2.45) is 5.92 Å². The Morgan fingerprint density at radius 3 is 2.79 bits per heavy atom. The monoisotopic (exact) mass is 468 g/mol. The zero-order chi connectivity index (χ0) is 23.5. The lowest BCUT2D eigenvalue weighted by atomic mass is 10.1. The number of carbonyl (C=O) groups excluding carboxylic acids is 1. The number of anilines is 1. The number of hydrogen-bond donors (Lipinski definition) is 1. The first-order chi connectivity index (χ1) is 15.8. The maximum Gasteiger partial charge on any atom is 0.224 e. The second-order valence-electron chi connectivity index (χ2n) is 9.37. The Morgan fingerprint density at radius 1 is 1.18 bits per heavy atom. The smallest absolute Gasteiger partial charge is 0.224 e. The minimum atomic E-state index is -0.0289. The van der Waals surface area contributed by atoms with Crippen LogP contribution in [0.5, 0.6) is 0 Å². The van der Waals surface area contributed by atoms with E-state index in [9.17, 15) is 4.79 Å². The predicted octanol–water partition coefficient (Wildman–Crippen LogP) is 5.37. The molecule has 0 radical (unpaired) electrons. The van der Waals surface area contributed by atoms with Gasteiger partial charge in [-0.2, -0.15) is 5.10 Å². The van der Waals surface area contributed by atoms with E-state index in [2.05, 4.69) is 50.6 Å². The van der Waals surface area contributed by atoms with Gasteiger partial charge in [0.1, 0.15) is 5.82 Å². The van der Waals surface area contributed by atoms with Crippen molar-refractivity contribution < 1.29 is 4.79 Å². The number of carbonyl (C=O) groups is 1. The van der Waals surface area contributed by atoms with Crippen LogP contribution < -0.4 is 5.32 Å². The minimum Gasteiger partial charge on any atom is -0.326 e. The van der Waals surface area contributed by atoms with Gasteiger partial charge in [-0.25, -0.2) is 0 Å². The number of hydrogen-bond acceptors (Lipinski definition) is 4. The van der Waals surface area contributed by atoms with E-state index in [4.69, 9.17) is 11.6 Å². The van der Waals surface area contributed by atoms with Crippen molar-refractivity contribution in [3.63, 3.8) is 0 Å². The molecule has 0 spiro atoms. The molecule has 3 aromatic rings. The SMILES string of the molecule is Cc1nn(CC(C)C)c(C)c1CCC(=O)Nc1ccc(Cl)c(-c2nnc3n2CCCCC3)c1. The third kappa shape index (κ3) is 5.29. The van der Waals surface area contributed by atoms with Crippen LogP contribution in [-0.4, -0.2) is 30.5 Å². The first-order valence-corrected chi connectivity index (χ1v) is 12.3. The van der Waals surface area contributed by atoms with E-state index < -0.39 is 0 Å². The average Bonchev–Trinajstić information content (AvgIpc) is 3.17. The molecule has 0 bridgehead atoms. The molecule has 1 amide bonds. The maximum atomic E-state index is 12.7. The fourth-order valence-corrected chi connectivity index (χ4v) is 4.74. The number of amides is 1. The van der Waals surface area contributed by atoms with Gasteiger partial charge < -0.3 is 9.88 Å². The molecule has 7 nitrogen and oxygen atoms in total. The predicted molar refractivity (Wildman–Crippen MR) is 132 cm³/mol. The normalized spacial score (nSPS) is 13.8. The Kier molecular flexibility index (Phi) is 7.17. The van der Waals surface area contributed by atoms with E-state index in [1.54, 1.807) is 0 Å². The van der Waals surface area contributed by atoms with Crippen LogP contribution in [-0.2, 0) is 30.7 Å². The molecule has 1 aliphatic rings. The Labute approximate surface area is 200 Å². The fourth-order valence-electron chi connectivity index (χ4n) is 4.54. The van der Waals surface area contributed by atoms with Crippen LogP contribution in [0.4, 0.5) is 5.69 Å². The highest BCUT2D eigenvalue weighted by Gasteiger charge is 2.19. The Morgan fingerprint density at radius 2 is 2.00 bits per heavy atom. The van der Waals surface area contributed by atoms with Gasteiger partial charge in [0.25, 0.3) is 0 Å². The maximum absolute atomic E-state index is 12.7. The van der Waals surface area contributed by atoms with Crippen molar-refractivity contribution in [2.75, 3.05) is 5.32 Å². The highest BCUT2D eigenvalue weighted by molar-refractivity contribution is 6.33. The lowest BCUT2D eigenvalue weighted by Gasteiger charge is -2.11. The van der Waals surface area contributed by atoms with Crippen LogP contribution in [0.1, 0.15) is 62.3 Å². The van der Waals surface area contributed by atoms with Gasteiger partial charge in [0, 0.05) is 42.9 Å². The minimum absolute atomic E-state index is 0.0289. The van der Waals surface area contributed by atoms with E-state index in [0.717, 1.165) is 66.5 Å². The molecule has 0 saturated heterocycles. The van der Waals surface area contributed by atoms with E-state index in [1.165, 1.54) is 6.42 Å². The number of rotatable bonds is 7. The van der Waals surface area contributed by atoms with Gasteiger partial charge in [0.2, 0.25) is 5.91 Å².